The Morgan fingerprint density at radius 1 is 1.10 bits per heavy atom. The van der Waals surface area contributed by atoms with Crippen molar-refractivity contribution < 1.29 is 40.1 Å². The number of fused-ring (bicyclic) bond motifs is 1. The van der Waals surface area contributed by atoms with Crippen LogP contribution in [0.4, 0.5) is 5.69 Å². The highest BCUT2D eigenvalue weighted by Crippen LogP contribution is 2.47. The molecule has 4 rings (SSSR count). The molecular formula is C29H34BNO8. The van der Waals surface area contributed by atoms with Gasteiger partial charge in [0.25, 0.3) is 0 Å². The second-order valence-corrected chi connectivity index (χ2v) is 10.1. The van der Waals surface area contributed by atoms with Crippen LogP contribution < -0.4 is 10.4 Å². The number of phenols is 1. The van der Waals surface area contributed by atoms with Gasteiger partial charge in [-0.1, -0.05) is 42.8 Å². The van der Waals surface area contributed by atoms with Crippen molar-refractivity contribution in [2.24, 2.45) is 17.8 Å². The van der Waals surface area contributed by atoms with Gasteiger partial charge in [0, 0.05) is 5.92 Å². The molecule has 10 heteroatoms. The van der Waals surface area contributed by atoms with Crippen LogP contribution in [-0.2, 0) is 9.59 Å². The molecule has 2 aliphatic rings. The fourth-order valence-electron chi connectivity index (χ4n) is 5.82. The van der Waals surface area contributed by atoms with Gasteiger partial charge in [-0.3, -0.25) is 14.5 Å². The van der Waals surface area contributed by atoms with Crippen LogP contribution in [0, 0.1) is 17.8 Å². The molecule has 1 aliphatic carbocycles. The van der Waals surface area contributed by atoms with Gasteiger partial charge in [0.15, 0.2) is 0 Å². The molecule has 2 aromatic carbocycles. The quantitative estimate of drug-likeness (QED) is 0.150. The average Bonchev–Trinajstić information content (AvgIpc) is 3.19. The molecule has 1 saturated heterocycles. The lowest BCUT2D eigenvalue weighted by Gasteiger charge is -2.36. The van der Waals surface area contributed by atoms with E-state index in [0.29, 0.717) is 24.0 Å². The molecular weight excluding hydrogens is 501 g/mol. The van der Waals surface area contributed by atoms with Gasteiger partial charge in [0.2, 0.25) is 11.8 Å². The monoisotopic (exact) mass is 535 g/mol. The lowest BCUT2D eigenvalue weighted by atomic mass is 9.68. The summed E-state index contributed by atoms with van der Waals surface area (Å²) in [5.74, 6) is -3.42. The topological polar surface area (TPSA) is 159 Å². The van der Waals surface area contributed by atoms with Crippen molar-refractivity contribution in [2.75, 3.05) is 18.1 Å². The number of aliphatic hydroxyl groups is 3. The van der Waals surface area contributed by atoms with E-state index in [1.807, 2.05) is 13.0 Å². The standard InChI is InChI=1S/C29H34BNO8/c1-2-17(12-18-6-9-22(34)10-7-18)8-11-25(35)26-19(15-32)13-23-27(24(26)16-33)29(37)31(28(23)36)21-5-3-4-20(14-21)30(38)39/h3-7,9-10,12,14,23-25,27,32-35,38-39H,2,8,11,13,15-16H2,1H3/b17-12+/t23-,24+,25-,27-/m1/s1. The van der Waals surface area contributed by atoms with Crippen LogP contribution in [0.3, 0.4) is 0 Å². The summed E-state index contributed by atoms with van der Waals surface area (Å²) in [6.45, 7) is 1.11. The molecule has 0 aromatic heterocycles. The molecule has 0 radical (unpaired) electrons. The van der Waals surface area contributed by atoms with Crippen molar-refractivity contribution in [3.8, 4) is 5.75 Å². The molecule has 0 saturated carbocycles. The van der Waals surface area contributed by atoms with Crippen molar-refractivity contribution in [1.29, 1.82) is 0 Å². The minimum absolute atomic E-state index is 0.0808. The van der Waals surface area contributed by atoms with Crippen molar-refractivity contribution in [3.63, 3.8) is 0 Å². The largest absolute Gasteiger partial charge is 0.508 e. The second-order valence-electron chi connectivity index (χ2n) is 10.1. The third kappa shape index (κ3) is 5.85. The van der Waals surface area contributed by atoms with Crippen LogP contribution in [-0.4, -0.2) is 68.7 Å². The Kier molecular flexibility index (Phi) is 9.04. The van der Waals surface area contributed by atoms with E-state index >= 15 is 0 Å². The SMILES string of the molecule is CC/C(=C\c1ccc(O)cc1)CC[C@@H](O)C1=C(CO)C[C@H]2C(=O)N(c3cccc(B(O)O)c3)C(=O)[C@H]2[C@H]1CO. The first-order valence-corrected chi connectivity index (χ1v) is 13.1. The van der Waals surface area contributed by atoms with Gasteiger partial charge in [0.05, 0.1) is 36.8 Å². The summed E-state index contributed by atoms with van der Waals surface area (Å²) in [5.41, 5.74) is 3.15. The van der Waals surface area contributed by atoms with Crippen molar-refractivity contribution in [1.82, 2.24) is 0 Å². The number of allylic oxidation sites excluding steroid dienone is 1. The van der Waals surface area contributed by atoms with Gasteiger partial charge in [-0.25, -0.2) is 0 Å². The Morgan fingerprint density at radius 2 is 1.82 bits per heavy atom. The minimum Gasteiger partial charge on any atom is -0.508 e. The Labute approximate surface area is 227 Å². The summed E-state index contributed by atoms with van der Waals surface area (Å²) < 4.78 is 0. The van der Waals surface area contributed by atoms with Crippen LogP contribution in [0.1, 0.15) is 38.2 Å². The fourth-order valence-corrected chi connectivity index (χ4v) is 5.82. The minimum atomic E-state index is -1.77. The number of benzene rings is 2. The van der Waals surface area contributed by atoms with Gasteiger partial charge in [-0.15, -0.1) is 0 Å². The van der Waals surface area contributed by atoms with E-state index in [4.69, 9.17) is 0 Å². The molecule has 1 heterocycles. The zero-order chi connectivity index (χ0) is 28.3. The highest BCUT2D eigenvalue weighted by Gasteiger charge is 2.55. The number of nitrogens with zero attached hydrogens (tertiary/aromatic N) is 1. The van der Waals surface area contributed by atoms with Gasteiger partial charge in [-0.05, 0) is 72.1 Å². The second kappa shape index (κ2) is 12.3. The number of imide groups is 1. The maximum atomic E-state index is 13.6. The molecule has 9 nitrogen and oxygen atoms in total. The number of aromatic hydroxyl groups is 1. The molecule has 2 aromatic rings. The summed E-state index contributed by atoms with van der Waals surface area (Å²) in [7, 11) is -1.77. The van der Waals surface area contributed by atoms with Crippen LogP contribution in [0.5, 0.6) is 5.75 Å². The molecule has 1 fully saturated rings. The van der Waals surface area contributed by atoms with Crippen molar-refractivity contribution >= 4 is 36.2 Å². The third-order valence-electron chi connectivity index (χ3n) is 7.81. The summed E-state index contributed by atoms with van der Waals surface area (Å²) in [4.78, 5) is 28.0. The Hall–Kier alpha value is -3.28. The van der Waals surface area contributed by atoms with Crippen molar-refractivity contribution in [2.45, 2.75) is 38.7 Å². The fraction of sp³-hybridized carbons (Fsp3) is 0.379. The van der Waals surface area contributed by atoms with Crippen LogP contribution in [0.25, 0.3) is 6.08 Å². The van der Waals surface area contributed by atoms with Gasteiger partial charge in [0.1, 0.15) is 5.75 Å². The maximum Gasteiger partial charge on any atom is 0.488 e. The Balaban J connectivity index is 1.58. The first kappa shape index (κ1) is 28.7. The van der Waals surface area contributed by atoms with E-state index in [1.54, 1.807) is 24.3 Å². The summed E-state index contributed by atoms with van der Waals surface area (Å²) in [5, 5.41) is 60.4. The zero-order valence-electron chi connectivity index (χ0n) is 21.8. The normalized spacial score (nSPS) is 22.4. The molecule has 6 N–H and O–H groups in total. The summed E-state index contributed by atoms with van der Waals surface area (Å²) >= 11 is 0. The van der Waals surface area contributed by atoms with E-state index < -0.39 is 56.0 Å². The summed E-state index contributed by atoms with van der Waals surface area (Å²) in [6.07, 6.45) is 2.59. The zero-order valence-corrected chi connectivity index (χ0v) is 21.8. The smallest absolute Gasteiger partial charge is 0.488 e. The first-order chi connectivity index (χ1) is 18.7. The number of aliphatic hydroxyl groups excluding tert-OH is 3. The molecule has 0 spiro atoms. The number of phenolic OH excluding ortho intramolecular Hbond substituents is 1. The Morgan fingerprint density at radius 3 is 2.44 bits per heavy atom. The predicted molar refractivity (Wildman–Crippen MR) is 147 cm³/mol. The van der Waals surface area contributed by atoms with Crippen molar-refractivity contribution in [3.05, 3.63) is 70.8 Å². The van der Waals surface area contributed by atoms with Crippen LogP contribution in [0.2, 0.25) is 0 Å². The van der Waals surface area contributed by atoms with E-state index in [0.717, 1.165) is 22.5 Å². The molecule has 4 atom stereocenters. The lowest BCUT2D eigenvalue weighted by Crippen LogP contribution is -2.39. The van der Waals surface area contributed by atoms with E-state index in [9.17, 15) is 40.1 Å². The molecule has 39 heavy (non-hydrogen) atoms. The highest BCUT2D eigenvalue weighted by molar-refractivity contribution is 6.58. The number of carbonyl (C=O) groups is 2. The van der Waals surface area contributed by atoms with Gasteiger partial charge in [-0.2, -0.15) is 0 Å². The number of hydrogen-bond acceptors (Lipinski definition) is 8. The van der Waals surface area contributed by atoms with Crippen LogP contribution >= 0.6 is 0 Å². The van der Waals surface area contributed by atoms with Crippen LogP contribution in [0.15, 0.2) is 65.3 Å². The highest BCUT2D eigenvalue weighted by atomic mass is 16.4. The number of amides is 2. The molecule has 1 aliphatic heterocycles. The van der Waals surface area contributed by atoms with Gasteiger partial charge < -0.3 is 30.5 Å². The molecule has 0 unspecified atom stereocenters. The number of anilines is 1. The van der Waals surface area contributed by atoms with E-state index in [1.165, 1.54) is 24.3 Å². The number of carbonyl (C=O) groups excluding carboxylic acids is 2. The van der Waals surface area contributed by atoms with Gasteiger partial charge >= 0.3 is 7.12 Å². The molecule has 206 valence electrons. The maximum absolute atomic E-state index is 13.6. The average molecular weight is 535 g/mol. The summed E-state index contributed by atoms with van der Waals surface area (Å²) in [6, 6.07) is 12.6. The Bertz CT molecular complexity index is 1270. The third-order valence-corrected chi connectivity index (χ3v) is 7.81. The number of rotatable bonds is 10. The molecule has 0 bridgehead atoms. The van der Waals surface area contributed by atoms with E-state index in [2.05, 4.69) is 0 Å². The first-order valence-electron chi connectivity index (χ1n) is 13.1. The molecule has 2 amide bonds. The predicted octanol–water partition coefficient (Wildman–Crippen LogP) is 1.11. The van der Waals surface area contributed by atoms with E-state index in [-0.39, 0.29) is 23.3 Å². The lowest BCUT2D eigenvalue weighted by molar-refractivity contribution is -0.123. The number of hydrogen-bond donors (Lipinski definition) is 6.